The van der Waals surface area contributed by atoms with Crippen molar-refractivity contribution in [1.82, 2.24) is 0 Å². The van der Waals surface area contributed by atoms with E-state index < -0.39 is 10.0 Å². The first-order valence-electron chi connectivity index (χ1n) is 9.87. The van der Waals surface area contributed by atoms with E-state index in [2.05, 4.69) is 19.2 Å². The highest BCUT2D eigenvalue weighted by Gasteiger charge is 2.21. The van der Waals surface area contributed by atoms with Crippen LogP contribution in [0.3, 0.4) is 0 Å². The second-order valence-corrected chi connectivity index (χ2v) is 10.2. The average molecular weight is 455 g/mol. The Morgan fingerprint density at radius 1 is 0.935 bits per heavy atom. The zero-order chi connectivity index (χ0) is 22.6. The Bertz CT molecular complexity index is 1160. The first-order chi connectivity index (χ1) is 14.7. The van der Waals surface area contributed by atoms with E-state index in [1.165, 1.54) is 11.4 Å². The first kappa shape index (κ1) is 22.9. The molecule has 0 aromatic heterocycles. The van der Waals surface area contributed by atoms with Gasteiger partial charge in [-0.25, -0.2) is 8.42 Å². The first-order valence-corrected chi connectivity index (χ1v) is 12.5. The molecule has 0 saturated carbocycles. The van der Waals surface area contributed by atoms with Crippen LogP contribution in [0.15, 0.2) is 82.6 Å². The molecule has 0 aliphatic carbocycles. The molecule has 3 rings (SSSR count). The summed E-state index contributed by atoms with van der Waals surface area (Å²) in [4.78, 5) is 13.9. The minimum atomic E-state index is -3.69. The van der Waals surface area contributed by atoms with Gasteiger partial charge in [0.25, 0.3) is 15.9 Å². The number of anilines is 2. The van der Waals surface area contributed by atoms with Crippen molar-refractivity contribution < 1.29 is 13.2 Å². The van der Waals surface area contributed by atoms with Gasteiger partial charge in [0, 0.05) is 23.2 Å². The maximum Gasteiger partial charge on any atom is 0.264 e. The summed E-state index contributed by atoms with van der Waals surface area (Å²) >= 11 is 1.55. The average Bonchev–Trinajstić information content (AvgIpc) is 2.78. The number of hydrogen-bond acceptors (Lipinski definition) is 4. The number of rotatable bonds is 7. The Morgan fingerprint density at radius 2 is 1.55 bits per heavy atom. The van der Waals surface area contributed by atoms with E-state index in [-0.39, 0.29) is 16.7 Å². The second kappa shape index (κ2) is 9.58. The lowest BCUT2D eigenvalue weighted by Gasteiger charge is -2.20. The summed E-state index contributed by atoms with van der Waals surface area (Å²) in [5, 5.41) is 2.95. The number of nitrogens with one attached hydrogen (secondary N) is 1. The van der Waals surface area contributed by atoms with Crippen LogP contribution in [0.1, 0.15) is 35.7 Å². The van der Waals surface area contributed by atoms with E-state index in [4.69, 9.17) is 0 Å². The van der Waals surface area contributed by atoms with Crippen molar-refractivity contribution in [3.05, 3.63) is 83.9 Å². The normalized spacial score (nSPS) is 11.4. The molecular formula is C24H26N2O3S2. The summed E-state index contributed by atoms with van der Waals surface area (Å²) < 4.78 is 27.1. The van der Waals surface area contributed by atoms with Gasteiger partial charge in [0.1, 0.15) is 0 Å². The molecule has 1 amide bonds. The van der Waals surface area contributed by atoms with Crippen LogP contribution >= 0.6 is 11.8 Å². The molecule has 0 heterocycles. The maximum absolute atomic E-state index is 12.9. The van der Waals surface area contributed by atoms with Gasteiger partial charge in [-0.1, -0.05) is 32.0 Å². The molecule has 0 aliphatic rings. The molecule has 162 valence electrons. The molecule has 0 radical (unpaired) electrons. The molecule has 1 N–H and O–H groups in total. The Kier molecular flexibility index (Phi) is 7.08. The SMILES string of the molecule is CSc1ccc(S(=O)(=O)N(C)c2ccc(C(=O)Nc3ccccc3C(C)C)cc2)cc1. The lowest BCUT2D eigenvalue weighted by molar-refractivity contribution is 0.102. The molecule has 0 spiro atoms. The summed E-state index contributed by atoms with van der Waals surface area (Å²) in [6.45, 7) is 4.15. The predicted octanol–water partition coefficient (Wildman–Crippen LogP) is 5.61. The van der Waals surface area contributed by atoms with Crippen LogP contribution in [0, 0.1) is 0 Å². The Morgan fingerprint density at radius 3 is 2.13 bits per heavy atom. The van der Waals surface area contributed by atoms with E-state index in [9.17, 15) is 13.2 Å². The minimum absolute atomic E-state index is 0.222. The van der Waals surface area contributed by atoms with Gasteiger partial charge in [0.05, 0.1) is 10.6 Å². The van der Waals surface area contributed by atoms with Crippen LogP contribution in [0.5, 0.6) is 0 Å². The van der Waals surface area contributed by atoms with E-state index in [1.807, 2.05) is 30.5 Å². The molecule has 31 heavy (non-hydrogen) atoms. The molecule has 5 nitrogen and oxygen atoms in total. The number of carbonyl (C=O) groups excluding carboxylic acids is 1. The third kappa shape index (κ3) is 5.11. The highest BCUT2D eigenvalue weighted by Crippen LogP contribution is 2.26. The summed E-state index contributed by atoms with van der Waals surface area (Å²) in [5.41, 5.74) is 2.77. The molecule has 0 bridgehead atoms. The largest absolute Gasteiger partial charge is 0.322 e. The fraction of sp³-hybridized carbons (Fsp3) is 0.208. The molecule has 0 aliphatic heterocycles. The second-order valence-electron chi connectivity index (χ2n) is 7.39. The van der Waals surface area contributed by atoms with Gasteiger partial charge in [0.15, 0.2) is 0 Å². The summed E-state index contributed by atoms with van der Waals surface area (Å²) in [7, 11) is -2.18. The highest BCUT2D eigenvalue weighted by atomic mass is 32.2. The van der Waals surface area contributed by atoms with Crippen molar-refractivity contribution >= 4 is 39.1 Å². The number of para-hydroxylation sites is 1. The summed E-state index contributed by atoms with van der Waals surface area (Å²) in [6, 6.07) is 21.0. The number of carbonyl (C=O) groups is 1. The summed E-state index contributed by atoms with van der Waals surface area (Å²) in [6.07, 6.45) is 1.94. The van der Waals surface area contributed by atoms with Gasteiger partial charge >= 0.3 is 0 Å². The number of sulfonamides is 1. The van der Waals surface area contributed by atoms with Gasteiger partial charge in [-0.2, -0.15) is 0 Å². The Balaban J connectivity index is 1.78. The van der Waals surface area contributed by atoms with Crippen molar-refractivity contribution in [2.24, 2.45) is 0 Å². The fourth-order valence-electron chi connectivity index (χ4n) is 3.18. The third-order valence-corrected chi connectivity index (χ3v) is 7.59. The number of amides is 1. The summed E-state index contributed by atoms with van der Waals surface area (Å²) in [5.74, 6) is 0.0422. The van der Waals surface area contributed by atoms with E-state index in [0.29, 0.717) is 11.3 Å². The fourth-order valence-corrected chi connectivity index (χ4v) is 4.78. The molecule has 0 unspecified atom stereocenters. The molecule has 3 aromatic carbocycles. The minimum Gasteiger partial charge on any atom is -0.322 e. The van der Waals surface area contributed by atoms with Gasteiger partial charge in [-0.15, -0.1) is 11.8 Å². The Hall–Kier alpha value is -2.77. The topological polar surface area (TPSA) is 66.5 Å². The molecular weight excluding hydrogens is 428 g/mol. The monoisotopic (exact) mass is 454 g/mol. The third-order valence-electron chi connectivity index (χ3n) is 5.04. The lowest BCUT2D eigenvalue weighted by Crippen LogP contribution is -2.26. The van der Waals surface area contributed by atoms with Crippen LogP contribution in [-0.2, 0) is 10.0 Å². The smallest absolute Gasteiger partial charge is 0.264 e. The van der Waals surface area contributed by atoms with E-state index >= 15 is 0 Å². The molecule has 0 atom stereocenters. The van der Waals surface area contributed by atoms with E-state index in [1.54, 1.807) is 60.3 Å². The van der Waals surface area contributed by atoms with Crippen molar-refractivity contribution in [3.8, 4) is 0 Å². The lowest BCUT2D eigenvalue weighted by atomic mass is 10.0. The number of hydrogen-bond donors (Lipinski definition) is 1. The van der Waals surface area contributed by atoms with Crippen LogP contribution in [-0.4, -0.2) is 27.6 Å². The van der Waals surface area contributed by atoms with Crippen LogP contribution in [0.2, 0.25) is 0 Å². The van der Waals surface area contributed by atoms with Gasteiger partial charge in [-0.3, -0.25) is 9.10 Å². The number of benzene rings is 3. The van der Waals surface area contributed by atoms with Gasteiger partial charge in [-0.05, 0) is 72.3 Å². The molecule has 0 fully saturated rings. The number of nitrogens with zero attached hydrogens (tertiary/aromatic N) is 1. The predicted molar refractivity (Wildman–Crippen MR) is 129 cm³/mol. The van der Waals surface area contributed by atoms with Gasteiger partial charge in [0.2, 0.25) is 0 Å². The highest BCUT2D eigenvalue weighted by molar-refractivity contribution is 7.98. The molecule has 7 heteroatoms. The van der Waals surface area contributed by atoms with Crippen molar-refractivity contribution in [3.63, 3.8) is 0 Å². The van der Waals surface area contributed by atoms with Crippen molar-refractivity contribution in [1.29, 1.82) is 0 Å². The number of thioether (sulfide) groups is 1. The van der Waals surface area contributed by atoms with Crippen LogP contribution < -0.4 is 9.62 Å². The standard InChI is InChI=1S/C24H26N2O3S2/c1-17(2)22-7-5-6-8-23(22)25-24(27)18-9-11-19(12-10-18)26(3)31(28,29)21-15-13-20(30-4)14-16-21/h5-17H,1-4H3,(H,25,27). The Labute approximate surface area is 188 Å². The molecule has 3 aromatic rings. The van der Waals surface area contributed by atoms with Crippen molar-refractivity contribution in [2.45, 2.75) is 29.6 Å². The maximum atomic E-state index is 12.9. The van der Waals surface area contributed by atoms with Gasteiger partial charge < -0.3 is 5.32 Å². The molecule has 0 saturated heterocycles. The quantitative estimate of drug-likeness (QED) is 0.471. The van der Waals surface area contributed by atoms with Crippen molar-refractivity contribution in [2.75, 3.05) is 22.9 Å². The van der Waals surface area contributed by atoms with E-state index in [0.717, 1.165) is 16.1 Å². The zero-order valence-electron chi connectivity index (χ0n) is 18.0. The van der Waals surface area contributed by atoms with Crippen LogP contribution in [0.25, 0.3) is 0 Å². The zero-order valence-corrected chi connectivity index (χ0v) is 19.6. The van der Waals surface area contributed by atoms with Crippen LogP contribution in [0.4, 0.5) is 11.4 Å².